The number of hydrogen-bond acceptors (Lipinski definition) is 6. The highest BCUT2D eigenvalue weighted by atomic mass is 16.6. The van der Waals surface area contributed by atoms with Crippen molar-refractivity contribution >= 4 is 11.9 Å². The summed E-state index contributed by atoms with van der Waals surface area (Å²) < 4.78 is 9.92. The van der Waals surface area contributed by atoms with Gasteiger partial charge in [-0.15, -0.1) is 0 Å². The van der Waals surface area contributed by atoms with Gasteiger partial charge in [-0.1, -0.05) is 18.2 Å². The molecule has 0 saturated heterocycles. The minimum atomic E-state index is -1.03. The lowest BCUT2D eigenvalue weighted by Crippen LogP contribution is -2.23. The van der Waals surface area contributed by atoms with Crippen molar-refractivity contribution in [1.82, 2.24) is 4.98 Å². The predicted octanol–water partition coefficient (Wildman–Crippen LogP) is 2.91. The van der Waals surface area contributed by atoms with E-state index >= 15 is 0 Å². The molecule has 1 unspecified atom stereocenters. The van der Waals surface area contributed by atoms with Gasteiger partial charge in [-0.05, 0) is 50.6 Å². The lowest BCUT2D eigenvalue weighted by Gasteiger charge is -2.19. The van der Waals surface area contributed by atoms with E-state index < -0.39 is 23.6 Å². The number of esters is 2. The van der Waals surface area contributed by atoms with Crippen LogP contribution in [-0.4, -0.2) is 34.7 Å². The Hall–Kier alpha value is -2.73. The molecule has 1 N–H and O–H groups in total. The maximum atomic E-state index is 12.0. The number of benzene rings is 1. The van der Waals surface area contributed by atoms with Gasteiger partial charge in [-0.25, -0.2) is 14.6 Å². The zero-order valence-electron chi connectivity index (χ0n) is 14.6. The Morgan fingerprint density at radius 2 is 1.68 bits per heavy atom. The van der Waals surface area contributed by atoms with Crippen LogP contribution in [0.15, 0.2) is 42.5 Å². The van der Waals surface area contributed by atoms with E-state index in [1.165, 1.54) is 13.2 Å². The standard InChI is InChI=1S/C19H21NO5/c1-19(2,3)25-17(22)13-10-8-12(9-11-13)16(21)14-6-5-7-15(20-14)18(23)24-4/h5-11,16,21H,1-4H3. The van der Waals surface area contributed by atoms with E-state index in [1.54, 1.807) is 57.2 Å². The summed E-state index contributed by atoms with van der Waals surface area (Å²) in [4.78, 5) is 27.7. The Kier molecular flexibility index (Phi) is 5.54. The largest absolute Gasteiger partial charge is 0.464 e. The first-order valence-electron chi connectivity index (χ1n) is 7.78. The molecule has 132 valence electrons. The van der Waals surface area contributed by atoms with Crippen molar-refractivity contribution in [3.63, 3.8) is 0 Å². The summed E-state index contributed by atoms with van der Waals surface area (Å²) in [5.41, 5.74) is 0.786. The van der Waals surface area contributed by atoms with Crippen LogP contribution in [0.3, 0.4) is 0 Å². The molecule has 2 rings (SSSR count). The van der Waals surface area contributed by atoms with Crippen LogP contribution in [0.5, 0.6) is 0 Å². The molecule has 0 saturated carbocycles. The van der Waals surface area contributed by atoms with Gasteiger partial charge in [0.2, 0.25) is 0 Å². The van der Waals surface area contributed by atoms with Crippen molar-refractivity contribution in [3.05, 3.63) is 65.0 Å². The molecule has 1 heterocycles. The summed E-state index contributed by atoms with van der Waals surface area (Å²) >= 11 is 0. The highest BCUT2D eigenvalue weighted by molar-refractivity contribution is 5.89. The van der Waals surface area contributed by atoms with Crippen molar-refractivity contribution in [3.8, 4) is 0 Å². The van der Waals surface area contributed by atoms with Crippen LogP contribution < -0.4 is 0 Å². The first-order valence-corrected chi connectivity index (χ1v) is 7.78. The van der Waals surface area contributed by atoms with Gasteiger partial charge in [0.1, 0.15) is 17.4 Å². The van der Waals surface area contributed by atoms with Crippen LogP contribution >= 0.6 is 0 Å². The normalized spacial score (nSPS) is 12.4. The van der Waals surface area contributed by atoms with Crippen LogP contribution in [0.2, 0.25) is 0 Å². The molecule has 0 fully saturated rings. The molecule has 6 nitrogen and oxygen atoms in total. The molecular formula is C19H21NO5. The third-order valence-electron chi connectivity index (χ3n) is 3.31. The molecule has 0 amide bonds. The number of hydrogen-bond donors (Lipinski definition) is 1. The molecular weight excluding hydrogens is 322 g/mol. The van der Waals surface area contributed by atoms with E-state index in [0.29, 0.717) is 16.8 Å². The molecule has 25 heavy (non-hydrogen) atoms. The fourth-order valence-corrected chi connectivity index (χ4v) is 2.13. The maximum Gasteiger partial charge on any atom is 0.356 e. The molecule has 1 aromatic heterocycles. The number of rotatable bonds is 4. The summed E-state index contributed by atoms with van der Waals surface area (Å²) in [6, 6.07) is 11.1. The van der Waals surface area contributed by atoms with Crippen LogP contribution in [0.25, 0.3) is 0 Å². The summed E-state index contributed by atoms with van der Waals surface area (Å²) in [7, 11) is 1.27. The molecule has 0 spiro atoms. The molecule has 0 aliphatic carbocycles. The van der Waals surface area contributed by atoms with Gasteiger partial charge in [0.05, 0.1) is 18.4 Å². The molecule has 0 bridgehead atoms. The number of aliphatic hydroxyl groups excluding tert-OH is 1. The number of nitrogens with zero attached hydrogens (tertiary/aromatic N) is 1. The first kappa shape index (κ1) is 18.6. The molecule has 1 atom stereocenters. The Bertz CT molecular complexity index is 762. The van der Waals surface area contributed by atoms with E-state index in [4.69, 9.17) is 4.74 Å². The van der Waals surface area contributed by atoms with Gasteiger partial charge in [-0.3, -0.25) is 0 Å². The number of aliphatic hydroxyl groups is 1. The number of ether oxygens (including phenoxy) is 2. The van der Waals surface area contributed by atoms with Gasteiger partial charge in [0, 0.05) is 0 Å². The molecule has 2 aromatic rings. The second kappa shape index (κ2) is 7.44. The van der Waals surface area contributed by atoms with Crippen LogP contribution in [0.1, 0.15) is 59.0 Å². The van der Waals surface area contributed by atoms with Gasteiger partial charge >= 0.3 is 11.9 Å². The smallest absolute Gasteiger partial charge is 0.356 e. The Morgan fingerprint density at radius 3 is 2.24 bits per heavy atom. The zero-order chi connectivity index (χ0) is 18.6. The number of methoxy groups -OCH3 is 1. The molecule has 0 radical (unpaired) electrons. The van der Waals surface area contributed by atoms with Crippen molar-refractivity contribution < 1.29 is 24.2 Å². The number of carbonyl (C=O) groups is 2. The van der Waals surface area contributed by atoms with Crippen molar-refractivity contribution in [2.75, 3.05) is 7.11 Å². The average Bonchev–Trinajstić information content (AvgIpc) is 2.59. The highest BCUT2D eigenvalue weighted by Gasteiger charge is 2.19. The minimum Gasteiger partial charge on any atom is -0.464 e. The van der Waals surface area contributed by atoms with E-state index in [9.17, 15) is 14.7 Å². The fourth-order valence-electron chi connectivity index (χ4n) is 2.13. The molecule has 0 aliphatic heterocycles. The summed E-state index contributed by atoms with van der Waals surface area (Å²) in [6.45, 7) is 5.38. The fraction of sp³-hybridized carbons (Fsp3) is 0.316. The topological polar surface area (TPSA) is 85.7 Å². The highest BCUT2D eigenvalue weighted by Crippen LogP contribution is 2.22. The SMILES string of the molecule is COC(=O)c1cccc(C(O)c2ccc(C(=O)OC(C)(C)C)cc2)n1. The number of aromatic nitrogens is 1. The summed E-state index contributed by atoms with van der Waals surface area (Å²) in [5.74, 6) is -1.01. The maximum absolute atomic E-state index is 12.0. The second-order valence-corrected chi connectivity index (χ2v) is 6.47. The van der Waals surface area contributed by atoms with Crippen molar-refractivity contribution in [2.24, 2.45) is 0 Å². The van der Waals surface area contributed by atoms with Gasteiger partial charge in [0.15, 0.2) is 0 Å². The zero-order valence-corrected chi connectivity index (χ0v) is 14.6. The van der Waals surface area contributed by atoms with E-state index in [0.717, 1.165) is 0 Å². The lowest BCUT2D eigenvalue weighted by molar-refractivity contribution is 0.00692. The third kappa shape index (κ3) is 4.87. The molecule has 0 aliphatic rings. The number of pyridine rings is 1. The van der Waals surface area contributed by atoms with E-state index in [-0.39, 0.29) is 5.69 Å². The van der Waals surface area contributed by atoms with Crippen LogP contribution in [0.4, 0.5) is 0 Å². The minimum absolute atomic E-state index is 0.115. The first-order chi connectivity index (χ1) is 11.7. The van der Waals surface area contributed by atoms with Crippen LogP contribution in [-0.2, 0) is 9.47 Å². The van der Waals surface area contributed by atoms with E-state index in [1.807, 2.05) is 0 Å². The monoisotopic (exact) mass is 343 g/mol. The van der Waals surface area contributed by atoms with Gasteiger partial charge in [0.25, 0.3) is 0 Å². The van der Waals surface area contributed by atoms with Gasteiger partial charge in [-0.2, -0.15) is 0 Å². The van der Waals surface area contributed by atoms with E-state index in [2.05, 4.69) is 9.72 Å². The predicted molar refractivity (Wildman–Crippen MR) is 91.2 cm³/mol. The molecule has 6 heteroatoms. The van der Waals surface area contributed by atoms with Crippen molar-refractivity contribution in [1.29, 1.82) is 0 Å². The van der Waals surface area contributed by atoms with Gasteiger partial charge < -0.3 is 14.6 Å². The van der Waals surface area contributed by atoms with Crippen LogP contribution in [0, 0.1) is 0 Å². The Labute approximate surface area is 146 Å². The quantitative estimate of drug-likeness (QED) is 0.859. The lowest BCUT2D eigenvalue weighted by atomic mass is 10.0. The second-order valence-electron chi connectivity index (χ2n) is 6.47. The molecule has 1 aromatic carbocycles. The average molecular weight is 343 g/mol. The Morgan fingerprint density at radius 1 is 1.04 bits per heavy atom. The summed E-state index contributed by atoms with van der Waals surface area (Å²) in [6.07, 6.45) is -1.03. The third-order valence-corrected chi connectivity index (χ3v) is 3.31. The Balaban J connectivity index is 2.19. The van der Waals surface area contributed by atoms with Crippen molar-refractivity contribution in [2.45, 2.75) is 32.5 Å². The summed E-state index contributed by atoms with van der Waals surface area (Å²) in [5, 5.41) is 10.5. The number of carbonyl (C=O) groups excluding carboxylic acids is 2.